The first-order valence-electron chi connectivity index (χ1n) is 9.03. The van der Waals surface area contributed by atoms with Gasteiger partial charge in [0.1, 0.15) is 18.3 Å². The molecule has 2 unspecified atom stereocenters. The van der Waals surface area contributed by atoms with Crippen LogP contribution in [0.3, 0.4) is 0 Å². The molecule has 3 amide bonds. The number of oxime groups is 1. The number of anilines is 1. The summed E-state index contributed by atoms with van der Waals surface area (Å²) >= 11 is 1.06. The number of hydrogen-bond acceptors (Lipinski definition) is 10. The minimum Gasteiger partial charge on any atom is -0.478 e. The highest BCUT2D eigenvalue weighted by atomic mass is 32.1. The van der Waals surface area contributed by atoms with Crippen molar-refractivity contribution in [3.05, 3.63) is 11.1 Å². The molecule has 0 radical (unpaired) electrons. The lowest BCUT2D eigenvalue weighted by atomic mass is 9.98. The molecular formula is C16H18N6O7S. The molecule has 0 bridgehead atoms. The van der Waals surface area contributed by atoms with E-state index < -0.39 is 41.6 Å². The summed E-state index contributed by atoms with van der Waals surface area (Å²) in [6, 6.07) is -1.43. The number of hydrogen-bond donors (Lipinski definition) is 4. The molecule has 2 saturated heterocycles. The van der Waals surface area contributed by atoms with Crippen LogP contribution in [0.25, 0.3) is 0 Å². The Morgan fingerprint density at radius 3 is 2.80 bits per heavy atom. The molecule has 3 heterocycles. The van der Waals surface area contributed by atoms with Gasteiger partial charge in [0.25, 0.3) is 5.91 Å². The van der Waals surface area contributed by atoms with Gasteiger partial charge in [0.15, 0.2) is 10.8 Å². The van der Waals surface area contributed by atoms with Crippen LogP contribution in [-0.4, -0.2) is 82.0 Å². The van der Waals surface area contributed by atoms with Crippen LogP contribution in [0.15, 0.2) is 10.5 Å². The number of thiazole rings is 1. The quantitative estimate of drug-likeness (QED) is 0.213. The normalized spacial score (nSPS) is 24.5. The maximum atomic E-state index is 12.8. The van der Waals surface area contributed by atoms with Gasteiger partial charge in [-0.1, -0.05) is 5.16 Å². The second-order valence-corrected chi connectivity index (χ2v) is 7.92. The van der Waals surface area contributed by atoms with E-state index in [1.807, 2.05) is 0 Å². The standard InChI is InChI=1S/C16H18N6O7S/c17-14-19-8(6-30-14)10(21-29-16(1-2-16)13(25)26)12(24)20-9-7(18-11(9)23)5-22-3-4-28-15(22)27/h6-7,9H,1-5H2,(H2,17,19)(H,18,23)(H,20,24)(H,25,26)/b21-10-. The highest BCUT2D eigenvalue weighted by Gasteiger charge is 2.55. The first-order chi connectivity index (χ1) is 14.3. The maximum Gasteiger partial charge on any atom is 0.410 e. The fourth-order valence-electron chi connectivity index (χ4n) is 2.99. The van der Waals surface area contributed by atoms with Crippen LogP contribution in [0, 0.1) is 0 Å². The molecule has 14 heteroatoms. The van der Waals surface area contributed by atoms with Gasteiger partial charge >= 0.3 is 12.1 Å². The second kappa shape index (κ2) is 7.44. The highest BCUT2D eigenvalue weighted by Crippen LogP contribution is 2.40. The predicted molar refractivity (Wildman–Crippen MR) is 101 cm³/mol. The van der Waals surface area contributed by atoms with Crippen molar-refractivity contribution in [3.8, 4) is 0 Å². The van der Waals surface area contributed by atoms with Crippen LogP contribution in [0.4, 0.5) is 9.93 Å². The zero-order chi connectivity index (χ0) is 21.5. The summed E-state index contributed by atoms with van der Waals surface area (Å²) in [6.45, 7) is 0.827. The fourth-order valence-corrected chi connectivity index (χ4v) is 3.54. The molecule has 1 aliphatic carbocycles. The predicted octanol–water partition coefficient (Wildman–Crippen LogP) is -1.50. The number of aromatic nitrogens is 1. The first-order valence-corrected chi connectivity index (χ1v) is 9.91. The Labute approximate surface area is 173 Å². The minimum absolute atomic E-state index is 0.0931. The third-order valence-corrected chi connectivity index (χ3v) is 5.62. The number of carbonyl (C=O) groups is 4. The molecule has 1 saturated carbocycles. The summed E-state index contributed by atoms with van der Waals surface area (Å²) < 4.78 is 4.85. The van der Waals surface area contributed by atoms with E-state index in [2.05, 4.69) is 20.8 Å². The highest BCUT2D eigenvalue weighted by molar-refractivity contribution is 7.13. The third kappa shape index (κ3) is 3.72. The fraction of sp³-hybridized carbons (Fsp3) is 0.500. The Morgan fingerprint density at radius 2 is 2.27 bits per heavy atom. The number of nitrogens with two attached hydrogens (primary N) is 1. The monoisotopic (exact) mass is 438 g/mol. The minimum atomic E-state index is -1.46. The van der Waals surface area contributed by atoms with Crippen LogP contribution in [0.2, 0.25) is 0 Å². The van der Waals surface area contributed by atoms with Gasteiger partial charge in [0, 0.05) is 24.8 Å². The third-order valence-electron chi connectivity index (χ3n) is 4.95. The summed E-state index contributed by atoms with van der Waals surface area (Å²) in [5.41, 5.74) is 3.96. The summed E-state index contributed by atoms with van der Waals surface area (Å²) in [6.07, 6.45) is 0.0380. The van der Waals surface area contributed by atoms with Crippen molar-refractivity contribution >= 4 is 46.1 Å². The average molecular weight is 438 g/mol. The molecule has 3 fully saturated rings. The van der Waals surface area contributed by atoms with Crippen molar-refractivity contribution in [1.82, 2.24) is 20.5 Å². The zero-order valence-electron chi connectivity index (χ0n) is 15.5. The Balaban J connectivity index is 1.48. The molecule has 30 heavy (non-hydrogen) atoms. The number of amides is 3. The number of β-lactam (4-membered cyclic amide) rings is 1. The van der Waals surface area contributed by atoms with Crippen molar-refractivity contribution in [2.75, 3.05) is 25.4 Å². The van der Waals surface area contributed by atoms with Crippen molar-refractivity contribution in [1.29, 1.82) is 0 Å². The molecule has 5 N–H and O–H groups in total. The molecule has 3 aliphatic rings. The summed E-state index contributed by atoms with van der Waals surface area (Å²) in [4.78, 5) is 58.2. The van der Waals surface area contributed by atoms with Gasteiger partial charge in [-0.05, 0) is 0 Å². The molecule has 13 nitrogen and oxygen atoms in total. The molecule has 160 valence electrons. The largest absolute Gasteiger partial charge is 0.478 e. The molecule has 0 aromatic carbocycles. The molecule has 1 aromatic rings. The number of nitrogens with one attached hydrogen (secondary N) is 2. The number of rotatable bonds is 8. The molecule has 2 atom stereocenters. The van der Waals surface area contributed by atoms with Gasteiger partial charge in [-0.2, -0.15) is 0 Å². The van der Waals surface area contributed by atoms with Crippen LogP contribution < -0.4 is 16.4 Å². The van der Waals surface area contributed by atoms with Crippen LogP contribution in [-0.2, 0) is 24.0 Å². The van der Waals surface area contributed by atoms with E-state index in [4.69, 9.17) is 15.3 Å². The molecule has 1 aromatic heterocycles. The Bertz CT molecular complexity index is 942. The number of carboxylic acids is 1. The van der Waals surface area contributed by atoms with Crippen LogP contribution in [0.1, 0.15) is 18.5 Å². The van der Waals surface area contributed by atoms with E-state index in [1.54, 1.807) is 0 Å². The Morgan fingerprint density at radius 1 is 1.50 bits per heavy atom. The summed E-state index contributed by atoms with van der Waals surface area (Å²) in [7, 11) is 0. The SMILES string of the molecule is Nc1nc(/C(=N/OC2(C(=O)O)CC2)C(=O)NC2C(=O)NC2CN2CCOC2=O)cs1. The lowest BCUT2D eigenvalue weighted by Gasteiger charge is -2.38. The van der Waals surface area contributed by atoms with Gasteiger partial charge in [-0.3, -0.25) is 9.59 Å². The molecule has 2 aliphatic heterocycles. The van der Waals surface area contributed by atoms with Crippen molar-refractivity contribution in [2.45, 2.75) is 30.5 Å². The van der Waals surface area contributed by atoms with Crippen molar-refractivity contribution in [3.63, 3.8) is 0 Å². The van der Waals surface area contributed by atoms with Gasteiger partial charge in [0.05, 0.1) is 12.6 Å². The van der Waals surface area contributed by atoms with Gasteiger partial charge in [-0.15, -0.1) is 11.3 Å². The Hall–Kier alpha value is -3.42. The number of carbonyl (C=O) groups excluding carboxylic acids is 3. The second-order valence-electron chi connectivity index (χ2n) is 7.03. The topological polar surface area (TPSA) is 186 Å². The van der Waals surface area contributed by atoms with E-state index in [1.165, 1.54) is 10.3 Å². The van der Waals surface area contributed by atoms with Crippen molar-refractivity contribution in [2.24, 2.45) is 5.16 Å². The van der Waals surface area contributed by atoms with Crippen LogP contribution in [0.5, 0.6) is 0 Å². The lowest BCUT2D eigenvalue weighted by Crippen LogP contribution is -2.72. The van der Waals surface area contributed by atoms with Gasteiger partial charge < -0.3 is 35.9 Å². The van der Waals surface area contributed by atoms with E-state index >= 15 is 0 Å². The smallest absolute Gasteiger partial charge is 0.410 e. The maximum absolute atomic E-state index is 12.8. The number of ether oxygens (including phenoxy) is 1. The first kappa shape index (κ1) is 19.9. The van der Waals surface area contributed by atoms with Crippen LogP contribution >= 0.6 is 11.3 Å². The Kier molecular flexibility index (Phi) is 4.93. The molecular weight excluding hydrogens is 420 g/mol. The number of nitrogens with zero attached hydrogens (tertiary/aromatic N) is 3. The van der Waals surface area contributed by atoms with Gasteiger partial charge in [0.2, 0.25) is 11.5 Å². The van der Waals surface area contributed by atoms with Gasteiger partial charge in [-0.25, -0.2) is 14.6 Å². The molecule has 0 spiro atoms. The number of nitrogen functional groups attached to an aromatic ring is 1. The number of carboxylic acid groups (broad SMARTS) is 1. The lowest BCUT2D eigenvalue weighted by molar-refractivity contribution is -0.153. The van der Waals surface area contributed by atoms with E-state index in [0.29, 0.717) is 6.54 Å². The zero-order valence-corrected chi connectivity index (χ0v) is 16.3. The number of aliphatic carboxylic acids is 1. The van der Waals surface area contributed by atoms with E-state index in [-0.39, 0.29) is 42.5 Å². The summed E-state index contributed by atoms with van der Waals surface area (Å²) in [5, 5.41) is 19.8. The number of cyclic esters (lactones) is 1. The molecule has 4 rings (SSSR count). The van der Waals surface area contributed by atoms with E-state index in [9.17, 15) is 24.3 Å². The average Bonchev–Trinajstić information content (AvgIpc) is 3.22. The van der Waals surface area contributed by atoms with E-state index in [0.717, 1.165) is 11.3 Å². The summed E-state index contributed by atoms with van der Waals surface area (Å²) in [5.74, 6) is -2.39. The van der Waals surface area contributed by atoms with Crippen molar-refractivity contribution < 1.29 is 33.9 Å².